The third kappa shape index (κ3) is 11.3. The molecule has 8 nitrogen and oxygen atoms in total. The average Bonchev–Trinajstić information content (AvgIpc) is 3.14. The van der Waals surface area contributed by atoms with Gasteiger partial charge in [0.1, 0.15) is 11.6 Å². The highest BCUT2D eigenvalue weighted by atomic mass is 19.1. The number of amides is 4. The molecule has 2 aliphatic rings. The van der Waals surface area contributed by atoms with Crippen molar-refractivity contribution in [1.82, 2.24) is 0 Å². The zero-order chi connectivity index (χ0) is 37.0. The van der Waals surface area contributed by atoms with Gasteiger partial charge in [0, 0.05) is 35.3 Å². The van der Waals surface area contributed by atoms with Gasteiger partial charge in [-0.1, -0.05) is 24.3 Å². The van der Waals surface area contributed by atoms with Gasteiger partial charge in [-0.05, 0) is 159 Å². The topological polar surface area (TPSA) is 144 Å². The molecule has 0 saturated heterocycles. The van der Waals surface area contributed by atoms with Gasteiger partial charge in [-0.15, -0.1) is 0 Å². The SMILES string of the molecule is NC(=O)c1ccc(C2CCC(CC(=O)Nc3ccc(F)cc3)CC2)cc1.NC(=O)c1ccc(C2CCC(CC(=O)Nc3ccc(F)cc3)CC2)cc1. The van der Waals surface area contributed by atoms with Gasteiger partial charge in [0.25, 0.3) is 0 Å². The van der Waals surface area contributed by atoms with Crippen molar-refractivity contribution in [2.24, 2.45) is 23.3 Å². The Hall–Kier alpha value is -5.38. The highest BCUT2D eigenvalue weighted by Gasteiger charge is 2.25. The van der Waals surface area contributed by atoms with Crippen LogP contribution >= 0.6 is 0 Å². The summed E-state index contributed by atoms with van der Waals surface area (Å²) < 4.78 is 25.8. The summed E-state index contributed by atoms with van der Waals surface area (Å²) in [4.78, 5) is 46.6. The van der Waals surface area contributed by atoms with Crippen LogP contribution in [0.5, 0.6) is 0 Å². The Labute approximate surface area is 303 Å². The third-order valence-electron chi connectivity index (χ3n) is 10.2. The van der Waals surface area contributed by atoms with Gasteiger partial charge in [0.15, 0.2) is 0 Å². The zero-order valence-electron chi connectivity index (χ0n) is 29.2. The van der Waals surface area contributed by atoms with Crippen molar-refractivity contribution < 1.29 is 28.0 Å². The van der Waals surface area contributed by atoms with Crippen LogP contribution in [0, 0.1) is 23.5 Å². The average molecular weight is 709 g/mol. The van der Waals surface area contributed by atoms with E-state index >= 15 is 0 Å². The fraction of sp³-hybridized carbons (Fsp3) is 0.333. The number of carbonyl (C=O) groups excluding carboxylic acids is 4. The lowest BCUT2D eigenvalue weighted by molar-refractivity contribution is -0.118. The molecule has 4 aromatic carbocycles. The standard InChI is InChI=1S/2C21H23FN2O2/c2*22-18-9-11-19(12-10-18)24-20(25)13-14-1-3-15(4-2-14)16-5-7-17(8-6-16)21(23)26/h2*5-12,14-15H,1-4,13H2,(H2,23,26)(H,24,25). The van der Waals surface area contributed by atoms with Crippen molar-refractivity contribution in [2.75, 3.05) is 10.6 Å². The molecule has 0 aliphatic heterocycles. The van der Waals surface area contributed by atoms with Crippen molar-refractivity contribution in [3.8, 4) is 0 Å². The van der Waals surface area contributed by atoms with Gasteiger partial charge in [-0.25, -0.2) is 8.78 Å². The van der Waals surface area contributed by atoms with Gasteiger partial charge in [0.05, 0.1) is 0 Å². The molecule has 52 heavy (non-hydrogen) atoms. The second-order valence-corrected chi connectivity index (χ2v) is 13.9. The Balaban J connectivity index is 0.000000201. The van der Waals surface area contributed by atoms with E-state index in [1.54, 1.807) is 48.5 Å². The van der Waals surface area contributed by atoms with Gasteiger partial charge >= 0.3 is 0 Å². The normalized spacial score (nSPS) is 19.7. The number of halogens is 2. The molecule has 2 aliphatic carbocycles. The monoisotopic (exact) mass is 708 g/mol. The number of hydrogen-bond acceptors (Lipinski definition) is 4. The van der Waals surface area contributed by atoms with Gasteiger partial charge in [-0.3, -0.25) is 19.2 Å². The Kier molecular flexibility index (Phi) is 13.3. The molecule has 6 rings (SSSR count). The molecule has 10 heteroatoms. The summed E-state index contributed by atoms with van der Waals surface area (Å²) >= 11 is 0. The maximum absolute atomic E-state index is 12.9. The summed E-state index contributed by atoms with van der Waals surface area (Å²) in [6, 6.07) is 26.7. The maximum atomic E-state index is 12.9. The minimum absolute atomic E-state index is 0.0223. The van der Waals surface area contributed by atoms with E-state index in [0.717, 1.165) is 51.4 Å². The molecule has 6 N–H and O–H groups in total. The highest BCUT2D eigenvalue weighted by molar-refractivity contribution is 5.93. The van der Waals surface area contributed by atoms with Crippen LogP contribution in [0.3, 0.4) is 0 Å². The first kappa shape index (κ1) is 37.9. The van der Waals surface area contributed by atoms with Gasteiger partial charge < -0.3 is 22.1 Å². The smallest absolute Gasteiger partial charge is 0.248 e. The van der Waals surface area contributed by atoms with Gasteiger partial charge in [0.2, 0.25) is 23.6 Å². The van der Waals surface area contributed by atoms with Gasteiger partial charge in [-0.2, -0.15) is 0 Å². The quantitative estimate of drug-likeness (QED) is 0.131. The molecule has 0 bridgehead atoms. The van der Waals surface area contributed by atoms with Crippen molar-refractivity contribution in [3.05, 3.63) is 131 Å². The number of nitrogens with two attached hydrogens (primary N) is 2. The zero-order valence-corrected chi connectivity index (χ0v) is 29.2. The van der Waals surface area contributed by atoms with E-state index in [0.29, 0.717) is 59.0 Å². The van der Waals surface area contributed by atoms with E-state index in [9.17, 15) is 28.0 Å². The Morgan fingerprint density at radius 2 is 0.788 bits per heavy atom. The van der Waals surface area contributed by atoms with Crippen molar-refractivity contribution in [1.29, 1.82) is 0 Å². The molecule has 0 atom stereocenters. The van der Waals surface area contributed by atoms with Crippen molar-refractivity contribution in [3.63, 3.8) is 0 Å². The molecule has 0 aromatic heterocycles. The van der Waals surface area contributed by atoms with Crippen molar-refractivity contribution >= 4 is 35.0 Å². The predicted octanol–water partition coefficient (Wildman–Crippen LogP) is 8.45. The minimum Gasteiger partial charge on any atom is -0.366 e. The van der Waals surface area contributed by atoms with Crippen LogP contribution in [0.25, 0.3) is 0 Å². The molecular formula is C42H46F2N4O4. The van der Waals surface area contributed by atoms with Crippen LogP contribution in [0.1, 0.15) is 108 Å². The number of rotatable bonds is 10. The Morgan fingerprint density at radius 3 is 1.08 bits per heavy atom. The summed E-state index contributed by atoms with van der Waals surface area (Å²) in [5.74, 6) is 0.182. The lowest BCUT2D eigenvalue weighted by Crippen LogP contribution is -2.20. The van der Waals surface area contributed by atoms with Crippen LogP contribution < -0.4 is 22.1 Å². The first-order chi connectivity index (χ1) is 25.0. The first-order valence-electron chi connectivity index (χ1n) is 17.9. The maximum Gasteiger partial charge on any atom is 0.248 e. The lowest BCUT2D eigenvalue weighted by Gasteiger charge is -2.28. The number of primary amides is 2. The highest BCUT2D eigenvalue weighted by Crippen LogP contribution is 2.38. The number of hydrogen-bond donors (Lipinski definition) is 4. The summed E-state index contributed by atoms with van der Waals surface area (Å²) in [6.07, 6.45) is 9.11. The molecule has 4 amide bonds. The van der Waals surface area contributed by atoms with E-state index < -0.39 is 11.8 Å². The second kappa shape index (κ2) is 18.2. The fourth-order valence-corrected chi connectivity index (χ4v) is 7.25. The summed E-state index contributed by atoms with van der Waals surface area (Å²) in [6.45, 7) is 0. The molecule has 2 saturated carbocycles. The molecule has 2 fully saturated rings. The van der Waals surface area contributed by atoms with E-state index in [4.69, 9.17) is 11.5 Å². The van der Waals surface area contributed by atoms with Crippen LogP contribution in [0.15, 0.2) is 97.1 Å². The summed E-state index contributed by atoms with van der Waals surface area (Å²) in [5.41, 5.74) is 15.3. The molecule has 272 valence electrons. The molecule has 0 radical (unpaired) electrons. The fourth-order valence-electron chi connectivity index (χ4n) is 7.25. The van der Waals surface area contributed by atoms with Crippen molar-refractivity contribution in [2.45, 2.75) is 76.0 Å². The van der Waals surface area contributed by atoms with Crippen LogP contribution in [-0.4, -0.2) is 23.6 Å². The van der Waals surface area contributed by atoms with E-state index in [2.05, 4.69) is 10.6 Å². The Morgan fingerprint density at radius 1 is 0.481 bits per heavy atom. The molecule has 4 aromatic rings. The number of benzene rings is 4. The molecule has 0 unspecified atom stereocenters. The van der Waals surface area contributed by atoms with Crippen LogP contribution in [0.4, 0.5) is 20.2 Å². The van der Waals surface area contributed by atoms with E-state index in [-0.39, 0.29) is 23.4 Å². The molecule has 0 spiro atoms. The summed E-state index contributed by atoms with van der Waals surface area (Å²) in [5, 5.41) is 5.65. The first-order valence-corrected chi connectivity index (χ1v) is 17.9. The third-order valence-corrected chi connectivity index (χ3v) is 10.2. The van der Waals surface area contributed by atoms with E-state index in [1.807, 2.05) is 24.3 Å². The Bertz CT molecular complexity index is 1660. The minimum atomic E-state index is -0.410. The number of carbonyl (C=O) groups is 4. The second-order valence-electron chi connectivity index (χ2n) is 13.9. The van der Waals surface area contributed by atoms with Crippen LogP contribution in [0.2, 0.25) is 0 Å². The van der Waals surface area contributed by atoms with Crippen LogP contribution in [-0.2, 0) is 9.59 Å². The number of nitrogens with one attached hydrogen (secondary N) is 2. The predicted molar refractivity (Wildman–Crippen MR) is 199 cm³/mol. The lowest BCUT2D eigenvalue weighted by atomic mass is 9.77. The summed E-state index contributed by atoms with van der Waals surface area (Å²) in [7, 11) is 0. The van der Waals surface area contributed by atoms with E-state index in [1.165, 1.54) is 35.4 Å². The molecular weight excluding hydrogens is 662 g/mol. The number of anilines is 2. The largest absolute Gasteiger partial charge is 0.366 e. The molecule has 0 heterocycles.